The van der Waals surface area contributed by atoms with Crippen LogP contribution in [0.15, 0.2) is 60.0 Å². The minimum atomic E-state index is -3.64. The molecule has 0 amide bonds. The Morgan fingerprint density at radius 3 is 2.79 bits per heavy atom. The van der Waals surface area contributed by atoms with Gasteiger partial charge in [-0.15, -0.1) is 0 Å². The van der Waals surface area contributed by atoms with Crippen LogP contribution < -0.4 is 19.6 Å². The average molecular weight is 482 g/mol. The number of fused-ring (bicyclic) bond motifs is 1. The first-order valence-electron chi connectivity index (χ1n) is 8.52. The average Bonchev–Trinajstić information content (AvgIpc) is 3.26. The molecule has 0 atom stereocenters. The summed E-state index contributed by atoms with van der Waals surface area (Å²) in [6, 6.07) is 9.77. The van der Waals surface area contributed by atoms with E-state index >= 15 is 0 Å². The first-order chi connectivity index (χ1) is 13.4. The summed E-state index contributed by atoms with van der Waals surface area (Å²) >= 11 is 4.61. The maximum atomic E-state index is 12.4. The third-order valence-corrected chi connectivity index (χ3v) is 7.18. The molecule has 0 saturated carbocycles. The molecule has 0 spiro atoms. The van der Waals surface area contributed by atoms with Gasteiger partial charge in [0.25, 0.3) is 5.56 Å². The number of nitrogens with zero attached hydrogens (tertiary/aromatic N) is 2. The Hall–Kier alpha value is -2.01. The van der Waals surface area contributed by atoms with Gasteiger partial charge in [-0.2, -0.15) is 0 Å². The van der Waals surface area contributed by atoms with Crippen LogP contribution in [0, 0.1) is 0 Å². The lowest BCUT2D eigenvalue weighted by molar-refractivity contribution is 0.491. The molecule has 0 unspecified atom stereocenters. The highest BCUT2D eigenvalue weighted by Gasteiger charge is 2.15. The summed E-state index contributed by atoms with van der Waals surface area (Å²) < 4.78 is 35.9. The second-order valence-corrected chi connectivity index (χ2v) is 9.86. The first kappa shape index (κ1) is 19.3. The van der Waals surface area contributed by atoms with Crippen LogP contribution in [0.25, 0.3) is 6.08 Å². The monoisotopic (exact) mass is 481 g/mol. The Balaban J connectivity index is 1.52. The molecule has 1 aromatic carbocycles. The number of halogens is 1. The Bertz CT molecular complexity index is 1290. The van der Waals surface area contributed by atoms with Crippen molar-refractivity contribution < 1.29 is 12.8 Å². The molecule has 28 heavy (non-hydrogen) atoms. The van der Waals surface area contributed by atoms with Crippen molar-refractivity contribution in [2.45, 2.75) is 24.4 Å². The molecule has 1 aliphatic rings. The van der Waals surface area contributed by atoms with Crippen molar-refractivity contribution >= 4 is 43.4 Å². The van der Waals surface area contributed by atoms with E-state index in [-0.39, 0.29) is 17.0 Å². The predicted molar refractivity (Wildman–Crippen MR) is 109 cm³/mol. The van der Waals surface area contributed by atoms with E-state index < -0.39 is 10.0 Å². The van der Waals surface area contributed by atoms with Gasteiger partial charge in [0.15, 0.2) is 4.80 Å². The lowest BCUT2D eigenvalue weighted by Crippen LogP contribution is -2.33. The van der Waals surface area contributed by atoms with Gasteiger partial charge in [-0.05, 0) is 42.8 Å². The zero-order chi connectivity index (χ0) is 19.7. The van der Waals surface area contributed by atoms with Crippen LogP contribution in [-0.4, -0.2) is 19.5 Å². The van der Waals surface area contributed by atoms with E-state index in [0.29, 0.717) is 22.6 Å². The maximum Gasteiger partial charge on any atom is 0.270 e. The molecule has 4 rings (SSSR count). The Kier molecular flexibility index (Phi) is 5.37. The highest BCUT2D eigenvalue weighted by molar-refractivity contribution is 9.10. The third kappa shape index (κ3) is 4.04. The molecular weight excluding hydrogens is 466 g/mol. The summed E-state index contributed by atoms with van der Waals surface area (Å²) in [6.07, 6.45) is 2.53. The van der Waals surface area contributed by atoms with Gasteiger partial charge in [-0.1, -0.05) is 27.3 Å². The highest BCUT2D eigenvalue weighted by atomic mass is 79.9. The smallest absolute Gasteiger partial charge is 0.270 e. The van der Waals surface area contributed by atoms with Gasteiger partial charge in [0.2, 0.25) is 10.0 Å². The summed E-state index contributed by atoms with van der Waals surface area (Å²) in [6.45, 7) is 1.44. The molecule has 2 aromatic heterocycles. The number of aromatic nitrogens is 1. The second-order valence-electron chi connectivity index (χ2n) is 6.17. The lowest BCUT2D eigenvalue weighted by atomic mass is 10.4. The number of hydrogen-bond donors (Lipinski definition) is 1. The summed E-state index contributed by atoms with van der Waals surface area (Å²) in [7, 11) is -3.64. The van der Waals surface area contributed by atoms with Crippen LogP contribution in [0.2, 0.25) is 0 Å². The number of thiazole rings is 1. The molecule has 0 aliphatic carbocycles. The van der Waals surface area contributed by atoms with Gasteiger partial charge >= 0.3 is 0 Å². The van der Waals surface area contributed by atoms with Crippen LogP contribution in [-0.2, 0) is 23.1 Å². The van der Waals surface area contributed by atoms with Crippen molar-refractivity contribution in [3.05, 3.63) is 72.1 Å². The number of furan rings is 1. The third-order valence-electron chi connectivity index (χ3n) is 4.19. The van der Waals surface area contributed by atoms with Gasteiger partial charge in [0.05, 0.1) is 16.0 Å². The minimum absolute atomic E-state index is 0.0154. The normalized spacial score (nSPS) is 14.7. The van der Waals surface area contributed by atoms with Crippen molar-refractivity contribution in [1.29, 1.82) is 0 Å². The summed E-state index contributed by atoms with van der Waals surface area (Å²) in [4.78, 5) is 17.7. The van der Waals surface area contributed by atoms with Gasteiger partial charge in [-0.3, -0.25) is 14.4 Å². The van der Waals surface area contributed by atoms with Crippen LogP contribution in [0.3, 0.4) is 0 Å². The predicted octanol–water partition coefficient (Wildman–Crippen LogP) is 1.60. The van der Waals surface area contributed by atoms with E-state index in [1.54, 1.807) is 34.9 Å². The van der Waals surface area contributed by atoms with Crippen molar-refractivity contribution in [2.24, 2.45) is 4.99 Å². The Morgan fingerprint density at radius 1 is 1.25 bits per heavy atom. The first-order valence-corrected chi connectivity index (χ1v) is 11.6. The topological polar surface area (TPSA) is 93.7 Å². The molecule has 7 nitrogen and oxygen atoms in total. The lowest BCUT2D eigenvalue weighted by Gasteiger charge is -2.05. The quantitative estimate of drug-likeness (QED) is 0.598. The van der Waals surface area contributed by atoms with E-state index in [2.05, 4.69) is 25.6 Å². The largest absolute Gasteiger partial charge is 0.460 e. The van der Waals surface area contributed by atoms with E-state index in [9.17, 15) is 13.2 Å². The maximum absolute atomic E-state index is 12.4. The van der Waals surface area contributed by atoms with Crippen LogP contribution in [0.5, 0.6) is 0 Å². The van der Waals surface area contributed by atoms with Crippen molar-refractivity contribution in [3.8, 4) is 0 Å². The van der Waals surface area contributed by atoms with Crippen molar-refractivity contribution in [3.63, 3.8) is 0 Å². The van der Waals surface area contributed by atoms with Gasteiger partial charge in [0, 0.05) is 23.6 Å². The van der Waals surface area contributed by atoms with Gasteiger partial charge < -0.3 is 4.42 Å². The van der Waals surface area contributed by atoms with Crippen LogP contribution >= 0.6 is 27.3 Å². The molecule has 1 N–H and O–H groups in total. The Morgan fingerprint density at radius 2 is 2.04 bits per heavy atom. The van der Waals surface area contributed by atoms with E-state index in [0.717, 1.165) is 22.2 Å². The summed E-state index contributed by atoms with van der Waals surface area (Å²) in [5, 5.41) is 0. The highest BCUT2D eigenvalue weighted by Crippen LogP contribution is 2.15. The molecule has 0 saturated heterocycles. The zero-order valence-corrected chi connectivity index (χ0v) is 17.8. The van der Waals surface area contributed by atoms with Crippen LogP contribution in [0.1, 0.15) is 17.9 Å². The van der Waals surface area contributed by atoms with E-state index in [1.165, 1.54) is 23.5 Å². The molecule has 10 heteroatoms. The second kappa shape index (κ2) is 7.78. The number of rotatable bonds is 5. The van der Waals surface area contributed by atoms with E-state index in [4.69, 9.17) is 4.42 Å². The number of nitrogens with one attached hydrogen (secondary N) is 1. The zero-order valence-electron chi connectivity index (χ0n) is 14.6. The Labute approximate surface area is 173 Å². The number of sulfonamides is 1. The fraction of sp³-hybridized carbons (Fsp3) is 0.222. The number of benzene rings is 1. The standard InChI is InChI=1S/C18H16BrN3O4S2/c19-12-2-6-15(7-3-12)28(24,25)21-11-14-5-4-13(26-14)10-16-17(23)22-9-1-8-20-18(22)27-16/h2-7,10,21H,1,8-9,11H2/b16-10-. The molecular formula is C18H16BrN3O4S2. The van der Waals surface area contributed by atoms with Crippen molar-refractivity contribution in [1.82, 2.24) is 9.29 Å². The molecule has 3 heterocycles. The van der Waals surface area contributed by atoms with Gasteiger partial charge in [-0.25, -0.2) is 13.1 Å². The minimum Gasteiger partial charge on any atom is -0.460 e. The summed E-state index contributed by atoms with van der Waals surface area (Å²) in [5.74, 6) is 0.951. The fourth-order valence-electron chi connectivity index (χ4n) is 2.79. The molecule has 146 valence electrons. The number of hydrogen-bond acceptors (Lipinski definition) is 6. The molecule has 0 radical (unpaired) electrons. The SMILES string of the molecule is O=c1/c(=C/c2ccc(CNS(=O)(=O)c3ccc(Br)cc3)o2)sc2n1CCCN=2. The molecule has 0 bridgehead atoms. The molecule has 1 aliphatic heterocycles. The molecule has 0 fully saturated rings. The molecule has 3 aromatic rings. The summed E-state index contributed by atoms with van der Waals surface area (Å²) in [5.41, 5.74) is -0.0719. The fourth-order valence-corrected chi connectivity index (χ4v) is 5.05. The van der Waals surface area contributed by atoms with Gasteiger partial charge in [0.1, 0.15) is 11.5 Å². The van der Waals surface area contributed by atoms with Crippen molar-refractivity contribution in [2.75, 3.05) is 6.54 Å². The van der Waals surface area contributed by atoms with E-state index in [1.807, 2.05) is 0 Å². The van der Waals surface area contributed by atoms with Crippen LogP contribution in [0.4, 0.5) is 0 Å².